The monoisotopic (exact) mass is 245 g/mol. The number of nitrogens with zero attached hydrogens (tertiary/aromatic N) is 1. The Labute approximate surface area is 107 Å². The minimum absolute atomic E-state index is 0.778. The molecule has 4 nitrogen and oxygen atoms in total. The van der Waals surface area contributed by atoms with Crippen LogP contribution in [0.5, 0.6) is 5.75 Å². The van der Waals surface area contributed by atoms with Crippen molar-refractivity contribution in [2.24, 2.45) is 0 Å². The molecule has 0 amide bonds. The first kappa shape index (κ1) is 12.6. The van der Waals surface area contributed by atoms with Crippen molar-refractivity contribution in [2.45, 2.75) is 20.4 Å². The van der Waals surface area contributed by atoms with Gasteiger partial charge in [0.2, 0.25) is 0 Å². The summed E-state index contributed by atoms with van der Waals surface area (Å²) in [5.41, 5.74) is 5.47. The number of aromatic nitrogens is 2. The molecule has 1 aromatic heterocycles. The Morgan fingerprint density at radius 3 is 2.61 bits per heavy atom. The van der Waals surface area contributed by atoms with Gasteiger partial charge in [-0.2, -0.15) is 5.10 Å². The molecule has 4 heteroatoms. The molecule has 2 rings (SSSR count). The quantitative estimate of drug-likeness (QED) is 0.869. The van der Waals surface area contributed by atoms with E-state index in [0.29, 0.717) is 0 Å². The third kappa shape index (κ3) is 2.38. The molecule has 0 saturated carbocycles. The molecule has 2 aromatic rings. The molecule has 0 aliphatic heterocycles. The summed E-state index contributed by atoms with van der Waals surface area (Å²) in [6.07, 6.45) is 0. The van der Waals surface area contributed by atoms with E-state index in [0.717, 1.165) is 29.2 Å². The zero-order chi connectivity index (χ0) is 13.1. The van der Waals surface area contributed by atoms with E-state index in [-0.39, 0.29) is 0 Å². The van der Waals surface area contributed by atoms with Gasteiger partial charge in [-0.25, -0.2) is 0 Å². The predicted molar refractivity (Wildman–Crippen MR) is 72.8 cm³/mol. The van der Waals surface area contributed by atoms with Crippen LogP contribution < -0.4 is 10.1 Å². The lowest BCUT2D eigenvalue weighted by atomic mass is 10.0. The van der Waals surface area contributed by atoms with Gasteiger partial charge in [-0.1, -0.05) is 0 Å². The average molecular weight is 245 g/mol. The van der Waals surface area contributed by atoms with Gasteiger partial charge in [0.25, 0.3) is 0 Å². The zero-order valence-corrected chi connectivity index (χ0v) is 11.3. The van der Waals surface area contributed by atoms with Crippen LogP contribution in [0.15, 0.2) is 18.2 Å². The van der Waals surface area contributed by atoms with Crippen LogP contribution in [0, 0.1) is 13.8 Å². The zero-order valence-electron chi connectivity index (χ0n) is 11.3. The summed E-state index contributed by atoms with van der Waals surface area (Å²) in [6, 6.07) is 6.22. The third-order valence-electron chi connectivity index (χ3n) is 3.09. The van der Waals surface area contributed by atoms with Crippen LogP contribution >= 0.6 is 0 Å². The maximum atomic E-state index is 5.44. The second-order valence-electron chi connectivity index (χ2n) is 4.45. The van der Waals surface area contributed by atoms with Crippen LogP contribution in [-0.4, -0.2) is 24.4 Å². The Hall–Kier alpha value is -1.81. The van der Waals surface area contributed by atoms with E-state index in [9.17, 15) is 0 Å². The topological polar surface area (TPSA) is 49.9 Å². The third-order valence-corrected chi connectivity index (χ3v) is 3.09. The van der Waals surface area contributed by atoms with Crippen molar-refractivity contribution in [3.63, 3.8) is 0 Å². The Balaban J connectivity index is 2.45. The van der Waals surface area contributed by atoms with Gasteiger partial charge in [-0.15, -0.1) is 0 Å². The summed E-state index contributed by atoms with van der Waals surface area (Å²) in [6.45, 7) is 4.96. The summed E-state index contributed by atoms with van der Waals surface area (Å²) >= 11 is 0. The summed E-state index contributed by atoms with van der Waals surface area (Å²) in [4.78, 5) is 0. The molecule has 1 aromatic carbocycles. The van der Waals surface area contributed by atoms with Gasteiger partial charge in [0.05, 0.1) is 12.8 Å². The normalized spacial score (nSPS) is 10.7. The van der Waals surface area contributed by atoms with Gasteiger partial charge in [0.1, 0.15) is 5.75 Å². The van der Waals surface area contributed by atoms with Crippen molar-refractivity contribution in [2.75, 3.05) is 14.2 Å². The molecule has 0 saturated heterocycles. The van der Waals surface area contributed by atoms with Crippen LogP contribution in [0.2, 0.25) is 0 Å². The van der Waals surface area contributed by atoms with Gasteiger partial charge in [0.15, 0.2) is 0 Å². The lowest BCUT2D eigenvalue weighted by molar-refractivity contribution is 0.416. The maximum Gasteiger partial charge on any atom is 0.128 e. The molecule has 0 aliphatic carbocycles. The Morgan fingerprint density at radius 1 is 1.22 bits per heavy atom. The molecule has 0 atom stereocenters. The van der Waals surface area contributed by atoms with Crippen molar-refractivity contribution in [3.05, 3.63) is 35.0 Å². The van der Waals surface area contributed by atoms with E-state index in [2.05, 4.69) is 41.5 Å². The number of benzene rings is 1. The Kier molecular flexibility index (Phi) is 3.67. The number of H-pyrrole nitrogens is 1. The first-order valence-corrected chi connectivity index (χ1v) is 6.00. The molecule has 0 fully saturated rings. The van der Waals surface area contributed by atoms with Crippen molar-refractivity contribution in [3.8, 4) is 17.0 Å². The van der Waals surface area contributed by atoms with Crippen LogP contribution in [0.3, 0.4) is 0 Å². The first-order chi connectivity index (χ1) is 8.65. The molecule has 96 valence electrons. The molecule has 1 heterocycles. The minimum Gasteiger partial charge on any atom is -0.496 e. The fourth-order valence-corrected chi connectivity index (χ4v) is 1.94. The highest BCUT2D eigenvalue weighted by molar-refractivity contribution is 5.69. The van der Waals surface area contributed by atoms with E-state index in [1.54, 1.807) is 7.11 Å². The van der Waals surface area contributed by atoms with Gasteiger partial charge in [-0.3, -0.25) is 5.10 Å². The number of aryl methyl sites for hydroxylation is 2. The van der Waals surface area contributed by atoms with E-state index < -0.39 is 0 Å². The minimum atomic E-state index is 0.778. The molecule has 0 bridgehead atoms. The fraction of sp³-hybridized carbons (Fsp3) is 0.357. The molecule has 0 aliphatic rings. The van der Waals surface area contributed by atoms with Gasteiger partial charge in [-0.05, 0) is 50.2 Å². The van der Waals surface area contributed by atoms with Crippen LogP contribution in [0.25, 0.3) is 11.3 Å². The average Bonchev–Trinajstić information content (AvgIpc) is 2.81. The number of methoxy groups -OCH3 is 1. The predicted octanol–water partition coefficient (Wildman–Crippen LogP) is 2.42. The standard InChI is InChI=1S/C14H19N3O/c1-9-5-12(14(18-4)6-10(9)2)13-7-11(8-15-3)16-17-13/h5-7,15H,8H2,1-4H3,(H,16,17). The largest absolute Gasteiger partial charge is 0.496 e. The SMILES string of the molecule is CNCc1cc(-c2cc(C)c(C)cc2OC)n[nH]1. The number of ether oxygens (including phenoxy) is 1. The van der Waals surface area contributed by atoms with Crippen LogP contribution in [-0.2, 0) is 6.54 Å². The van der Waals surface area contributed by atoms with Crippen molar-refractivity contribution < 1.29 is 4.74 Å². The number of aromatic amines is 1. The van der Waals surface area contributed by atoms with Gasteiger partial charge in [0, 0.05) is 17.8 Å². The van der Waals surface area contributed by atoms with E-state index in [1.807, 2.05) is 13.1 Å². The smallest absolute Gasteiger partial charge is 0.128 e. The second kappa shape index (κ2) is 5.23. The van der Waals surface area contributed by atoms with Crippen LogP contribution in [0.1, 0.15) is 16.8 Å². The van der Waals surface area contributed by atoms with Gasteiger partial charge < -0.3 is 10.1 Å². The molecular formula is C14H19N3O. The van der Waals surface area contributed by atoms with E-state index in [4.69, 9.17) is 4.74 Å². The summed E-state index contributed by atoms with van der Waals surface area (Å²) in [5.74, 6) is 0.862. The van der Waals surface area contributed by atoms with Gasteiger partial charge >= 0.3 is 0 Å². The second-order valence-corrected chi connectivity index (χ2v) is 4.45. The lowest BCUT2D eigenvalue weighted by Gasteiger charge is -2.09. The van der Waals surface area contributed by atoms with Crippen LogP contribution in [0.4, 0.5) is 0 Å². The molecule has 0 spiro atoms. The Bertz CT molecular complexity index is 546. The summed E-state index contributed by atoms with van der Waals surface area (Å²) in [5, 5.41) is 10.5. The number of nitrogens with one attached hydrogen (secondary N) is 2. The van der Waals surface area contributed by atoms with Crippen molar-refractivity contribution in [1.29, 1.82) is 0 Å². The molecule has 0 radical (unpaired) electrons. The maximum absolute atomic E-state index is 5.44. The van der Waals surface area contributed by atoms with E-state index in [1.165, 1.54) is 11.1 Å². The highest BCUT2D eigenvalue weighted by atomic mass is 16.5. The highest BCUT2D eigenvalue weighted by Gasteiger charge is 2.11. The first-order valence-electron chi connectivity index (χ1n) is 6.00. The number of rotatable bonds is 4. The Morgan fingerprint density at radius 2 is 1.94 bits per heavy atom. The number of hydrogen-bond donors (Lipinski definition) is 2. The van der Waals surface area contributed by atoms with E-state index >= 15 is 0 Å². The number of hydrogen-bond acceptors (Lipinski definition) is 3. The lowest BCUT2D eigenvalue weighted by Crippen LogP contribution is -2.04. The highest BCUT2D eigenvalue weighted by Crippen LogP contribution is 2.31. The molecular weight excluding hydrogens is 226 g/mol. The molecule has 18 heavy (non-hydrogen) atoms. The summed E-state index contributed by atoms with van der Waals surface area (Å²) in [7, 11) is 3.60. The van der Waals surface area contributed by atoms with Crippen molar-refractivity contribution in [1.82, 2.24) is 15.5 Å². The molecule has 2 N–H and O–H groups in total. The fourth-order valence-electron chi connectivity index (χ4n) is 1.94. The van der Waals surface area contributed by atoms with Crippen molar-refractivity contribution >= 4 is 0 Å². The summed E-state index contributed by atoms with van der Waals surface area (Å²) < 4.78 is 5.44. The molecule has 0 unspecified atom stereocenters.